The monoisotopic (exact) mass is 314 g/mol. The fraction of sp³-hybridized carbons (Fsp3) is 0.700. The van der Waals surface area contributed by atoms with Crippen molar-refractivity contribution < 1.29 is 55.2 Å². The highest BCUT2D eigenvalue weighted by Gasteiger charge is 2.29. The Morgan fingerprint density at radius 1 is 0.952 bits per heavy atom. The Balaban J connectivity index is 0. The summed E-state index contributed by atoms with van der Waals surface area (Å²) in [5, 5.41) is 67.7. The predicted octanol–water partition coefficient (Wildman–Crippen LogP) is -4.47. The summed E-state index contributed by atoms with van der Waals surface area (Å²) < 4.78 is 0. The SMILES string of the molecule is O=C(O)CC(O)C(=O)O.O=C[C@H](O)[C@@H](O)[C@@H](O)[C@H](O)CO. The molecule has 11 heteroatoms. The number of aliphatic hydroxyl groups excluding tert-OH is 6. The van der Waals surface area contributed by atoms with Crippen LogP contribution in [-0.2, 0) is 14.4 Å². The quantitative estimate of drug-likeness (QED) is 0.200. The number of carbonyl (C=O) groups excluding carboxylic acids is 1. The summed E-state index contributed by atoms with van der Waals surface area (Å²) in [6.45, 7) is -0.760. The number of rotatable bonds is 8. The topological polar surface area (TPSA) is 213 Å². The summed E-state index contributed by atoms with van der Waals surface area (Å²) in [7, 11) is 0. The van der Waals surface area contributed by atoms with Gasteiger partial charge in [0.2, 0.25) is 0 Å². The predicted molar refractivity (Wildman–Crippen MR) is 63.1 cm³/mol. The molecule has 0 aromatic carbocycles. The van der Waals surface area contributed by atoms with E-state index < -0.39 is 55.5 Å². The van der Waals surface area contributed by atoms with Crippen molar-refractivity contribution in [1.82, 2.24) is 0 Å². The highest BCUT2D eigenvalue weighted by atomic mass is 16.4. The molecule has 0 amide bonds. The van der Waals surface area contributed by atoms with Crippen LogP contribution in [0.3, 0.4) is 0 Å². The first-order valence-electron chi connectivity index (χ1n) is 5.49. The normalized spacial score (nSPS) is 17.4. The molecule has 0 heterocycles. The average Bonchev–Trinajstić information content (AvgIpc) is 2.43. The molecule has 0 spiro atoms. The van der Waals surface area contributed by atoms with E-state index in [-0.39, 0.29) is 6.29 Å². The molecule has 11 nitrogen and oxygen atoms in total. The van der Waals surface area contributed by atoms with E-state index in [0.717, 1.165) is 0 Å². The van der Waals surface area contributed by atoms with Crippen molar-refractivity contribution in [3.05, 3.63) is 0 Å². The van der Waals surface area contributed by atoms with E-state index in [1.165, 1.54) is 0 Å². The smallest absolute Gasteiger partial charge is 0.333 e. The second-order valence-electron chi connectivity index (χ2n) is 3.81. The number of aldehydes is 1. The fourth-order valence-electron chi connectivity index (χ4n) is 0.871. The third kappa shape index (κ3) is 9.84. The Hall–Kier alpha value is -1.63. The molecular formula is C10H18O11. The zero-order valence-corrected chi connectivity index (χ0v) is 10.7. The number of carboxylic acids is 2. The van der Waals surface area contributed by atoms with Gasteiger partial charge in [-0.25, -0.2) is 4.79 Å². The Morgan fingerprint density at radius 3 is 1.67 bits per heavy atom. The number of aliphatic hydroxyl groups is 6. The molecule has 0 saturated carbocycles. The van der Waals surface area contributed by atoms with Gasteiger partial charge < -0.3 is 45.6 Å². The number of aliphatic carboxylic acids is 2. The molecular weight excluding hydrogens is 296 g/mol. The lowest BCUT2D eigenvalue weighted by molar-refractivity contribution is -0.152. The molecule has 0 aromatic heterocycles. The van der Waals surface area contributed by atoms with E-state index in [0.29, 0.717) is 0 Å². The third-order valence-electron chi connectivity index (χ3n) is 2.07. The van der Waals surface area contributed by atoms with Crippen molar-refractivity contribution >= 4 is 18.2 Å². The van der Waals surface area contributed by atoms with E-state index in [1.807, 2.05) is 0 Å². The van der Waals surface area contributed by atoms with Gasteiger partial charge in [-0.15, -0.1) is 0 Å². The van der Waals surface area contributed by atoms with Crippen molar-refractivity contribution in [3.8, 4) is 0 Å². The van der Waals surface area contributed by atoms with Gasteiger partial charge in [0.05, 0.1) is 13.0 Å². The minimum atomic E-state index is -1.79. The summed E-state index contributed by atoms with van der Waals surface area (Å²) in [4.78, 5) is 29.3. The Morgan fingerprint density at radius 2 is 1.43 bits per heavy atom. The zero-order valence-electron chi connectivity index (χ0n) is 10.7. The summed E-state index contributed by atoms with van der Waals surface area (Å²) in [5.41, 5.74) is 0. The maximum absolute atomic E-state index is 9.90. The van der Waals surface area contributed by atoms with Gasteiger partial charge in [0.1, 0.15) is 24.4 Å². The largest absolute Gasteiger partial charge is 0.481 e. The Kier molecular flexibility index (Phi) is 11.4. The van der Waals surface area contributed by atoms with Crippen LogP contribution in [0.1, 0.15) is 6.42 Å². The Labute approximate surface area is 118 Å². The first-order chi connectivity index (χ1) is 9.58. The fourth-order valence-corrected chi connectivity index (χ4v) is 0.871. The maximum atomic E-state index is 9.90. The van der Waals surface area contributed by atoms with E-state index in [4.69, 9.17) is 40.9 Å². The molecule has 0 aliphatic rings. The van der Waals surface area contributed by atoms with Crippen molar-refractivity contribution in [2.24, 2.45) is 0 Å². The minimum absolute atomic E-state index is 0.0258. The van der Waals surface area contributed by atoms with E-state index in [9.17, 15) is 14.4 Å². The van der Waals surface area contributed by atoms with Crippen LogP contribution >= 0.6 is 0 Å². The van der Waals surface area contributed by atoms with Gasteiger partial charge in [-0.1, -0.05) is 0 Å². The maximum Gasteiger partial charge on any atom is 0.333 e. The van der Waals surface area contributed by atoms with Crippen LogP contribution in [0.25, 0.3) is 0 Å². The molecule has 0 rings (SSSR count). The highest BCUT2D eigenvalue weighted by molar-refractivity contribution is 5.79. The second kappa shape index (κ2) is 11.1. The first kappa shape index (κ1) is 21.7. The molecule has 124 valence electrons. The van der Waals surface area contributed by atoms with Crippen LogP contribution in [0.5, 0.6) is 0 Å². The standard InChI is InChI=1S/C6H12O6.C4H6O5/c7-1-3(9)5(11)6(12)4(10)2-8;5-2(4(8)9)1-3(6)7/h1,3-6,8-12H,2H2;2,5H,1H2,(H,6,7)(H,8,9)/t3-,4+,5+,6-;/m0./s1. The van der Waals surface area contributed by atoms with Crippen LogP contribution < -0.4 is 0 Å². The summed E-state index contributed by atoms with van der Waals surface area (Å²) in [5.74, 6) is -2.85. The molecule has 8 N–H and O–H groups in total. The lowest BCUT2D eigenvalue weighted by Crippen LogP contribution is -2.46. The van der Waals surface area contributed by atoms with Gasteiger partial charge in [-0.3, -0.25) is 4.79 Å². The van der Waals surface area contributed by atoms with Crippen LogP contribution in [0.15, 0.2) is 0 Å². The molecule has 0 fully saturated rings. The number of hydrogen-bond donors (Lipinski definition) is 8. The van der Waals surface area contributed by atoms with Crippen LogP contribution in [0, 0.1) is 0 Å². The molecule has 0 aliphatic heterocycles. The summed E-state index contributed by atoms with van der Waals surface area (Å²) >= 11 is 0. The van der Waals surface area contributed by atoms with Crippen LogP contribution in [0.2, 0.25) is 0 Å². The van der Waals surface area contributed by atoms with Gasteiger partial charge in [0.25, 0.3) is 0 Å². The van der Waals surface area contributed by atoms with E-state index in [2.05, 4.69) is 0 Å². The van der Waals surface area contributed by atoms with Gasteiger partial charge >= 0.3 is 11.9 Å². The van der Waals surface area contributed by atoms with Gasteiger partial charge in [-0.2, -0.15) is 0 Å². The third-order valence-corrected chi connectivity index (χ3v) is 2.07. The van der Waals surface area contributed by atoms with Crippen molar-refractivity contribution in [1.29, 1.82) is 0 Å². The van der Waals surface area contributed by atoms with Crippen molar-refractivity contribution in [2.75, 3.05) is 6.61 Å². The molecule has 5 atom stereocenters. The lowest BCUT2D eigenvalue weighted by atomic mass is 10.0. The molecule has 0 saturated heterocycles. The molecule has 21 heavy (non-hydrogen) atoms. The molecule has 0 radical (unpaired) electrons. The van der Waals surface area contributed by atoms with E-state index in [1.54, 1.807) is 0 Å². The van der Waals surface area contributed by atoms with Gasteiger partial charge in [-0.05, 0) is 0 Å². The average molecular weight is 314 g/mol. The molecule has 0 aromatic rings. The molecule has 0 bridgehead atoms. The summed E-state index contributed by atoms with van der Waals surface area (Å²) in [6, 6.07) is 0. The molecule has 0 aliphatic carbocycles. The van der Waals surface area contributed by atoms with Crippen molar-refractivity contribution in [3.63, 3.8) is 0 Å². The number of hydrogen-bond acceptors (Lipinski definition) is 9. The zero-order chi connectivity index (χ0) is 17.2. The van der Waals surface area contributed by atoms with Gasteiger partial charge in [0, 0.05) is 0 Å². The number of carbonyl (C=O) groups is 3. The van der Waals surface area contributed by atoms with Crippen LogP contribution in [0.4, 0.5) is 0 Å². The first-order valence-corrected chi connectivity index (χ1v) is 5.49. The summed E-state index contributed by atoms with van der Waals surface area (Å²) in [6.07, 6.45) is -9.38. The lowest BCUT2D eigenvalue weighted by Gasteiger charge is -2.22. The minimum Gasteiger partial charge on any atom is -0.481 e. The second-order valence-corrected chi connectivity index (χ2v) is 3.81. The Bertz CT molecular complexity index is 331. The van der Waals surface area contributed by atoms with Crippen molar-refractivity contribution in [2.45, 2.75) is 36.9 Å². The van der Waals surface area contributed by atoms with E-state index >= 15 is 0 Å². The number of carboxylic acid groups (broad SMARTS) is 2. The highest BCUT2D eigenvalue weighted by Crippen LogP contribution is 2.02. The molecule has 1 unspecified atom stereocenters. The van der Waals surface area contributed by atoms with Gasteiger partial charge in [0.15, 0.2) is 12.4 Å². The van der Waals surface area contributed by atoms with Crippen LogP contribution in [-0.4, -0.2) is 96.2 Å².